The van der Waals surface area contributed by atoms with E-state index in [0.29, 0.717) is 5.69 Å². The molecule has 0 saturated carbocycles. The average molecular weight is 412 g/mol. The number of nitrogens with one attached hydrogen (secondary N) is 1. The third-order valence-corrected chi connectivity index (χ3v) is 7.51. The summed E-state index contributed by atoms with van der Waals surface area (Å²) in [7, 11) is 1.31. The molecule has 1 heterocycles. The molecule has 1 N–H and O–H groups in total. The van der Waals surface area contributed by atoms with Crippen molar-refractivity contribution in [2.45, 2.75) is 30.2 Å². The van der Waals surface area contributed by atoms with Gasteiger partial charge in [0.2, 0.25) is 10.0 Å². The maximum Gasteiger partial charge on any atom is 0.268 e. The molecule has 1 amide bonds. The first-order valence-corrected chi connectivity index (χ1v) is 11.1. The van der Waals surface area contributed by atoms with Crippen LogP contribution in [0.25, 0.3) is 10.9 Å². The van der Waals surface area contributed by atoms with Gasteiger partial charge in [0.15, 0.2) is 0 Å². The van der Waals surface area contributed by atoms with Crippen LogP contribution in [0.2, 0.25) is 0 Å². The molecule has 0 unspecified atom stereocenters. The average Bonchev–Trinajstić information content (AvgIpc) is 3.04. The highest BCUT2D eigenvalue weighted by molar-refractivity contribution is 7.89. The minimum Gasteiger partial charge on any atom is -0.344 e. The molecule has 2 aromatic carbocycles. The zero-order valence-electron chi connectivity index (χ0n) is 16.8. The molecule has 0 bridgehead atoms. The molecule has 1 aliphatic carbocycles. The van der Waals surface area contributed by atoms with Crippen molar-refractivity contribution in [1.29, 1.82) is 0 Å². The van der Waals surface area contributed by atoms with Crippen molar-refractivity contribution in [3.05, 3.63) is 65.4 Å². The lowest BCUT2D eigenvalue weighted by Gasteiger charge is -2.26. The Kier molecular flexibility index (Phi) is 4.96. The third-order valence-electron chi connectivity index (χ3n) is 5.70. The Morgan fingerprint density at radius 3 is 2.66 bits per heavy atom. The highest BCUT2D eigenvalue weighted by Gasteiger charge is 2.24. The largest absolute Gasteiger partial charge is 0.344 e. The van der Waals surface area contributed by atoms with Crippen molar-refractivity contribution < 1.29 is 13.2 Å². The summed E-state index contributed by atoms with van der Waals surface area (Å²) in [6.45, 7) is 0. The number of nitrogens with zero attached hydrogens (tertiary/aromatic N) is 2. The van der Waals surface area contributed by atoms with Crippen molar-refractivity contribution in [3.63, 3.8) is 0 Å². The number of benzene rings is 2. The molecule has 1 atom stereocenters. The van der Waals surface area contributed by atoms with Crippen LogP contribution in [0.3, 0.4) is 0 Å². The first-order valence-electron chi connectivity index (χ1n) is 9.69. The summed E-state index contributed by atoms with van der Waals surface area (Å²) in [6, 6.07) is 15.0. The van der Waals surface area contributed by atoms with Gasteiger partial charge < -0.3 is 9.88 Å². The van der Waals surface area contributed by atoms with Crippen molar-refractivity contribution in [2.75, 3.05) is 14.1 Å². The van der Waals surface area contributed by atoms with Crippen LogP contribution in [0.15, 0.2) is 53.4 Å². The van der Waals surface area contributed by atoms with Crippen LogP contribution in [0.4, 0.5) is 0 Å². The maximum absolute atomic E-state index is 13.0. The topological polar surface area (TPSA) is 71.4 Å². The number of fused-ring (bicyclic) bond motifs is 2. The minimum atomic E-state index is -3.52. The number of rotatable bonds is 4. The lowest BCUT2D eigenvalue weighted by Crippen LogP contribution is -2.32. The molecular weight excluding hydrogens is 386 g/mol. The van der Waals surface area contributed by atoms with Gasteiger partial charge in [-0.1, -0.05) is 24.3 Å². The number of aromatic nitrogens is 1. The SMILES string of the molecule is CN(C)S(=O)(=O)c1ccc2c(c1)cc(C(=O)N[C@@H]1CCCc3ccccc31)n2C. The van der Waals surface area contributed by atoms with Crippen molar-refractivity contribution >= 4 is 26.8 Å². The van der Waals surface area contributed by atoms with Crippen LogP contribution < -0.4 is 5.32 Å². The Labute approximate surface area is 171 Å². The van der Waals surface area contributed by atoms with Gasteiger partial charge in [-0.25, -0.2) is 12.7 Å². The zero-order valence-corrected chi connectivity index (χ0v) is 17.7. The predicted molar refractivity (Wildman–Crippen MR) is 113 cm³/mol. The van der Waals surface area contributed by atoms with Gasteiger partial charge in [0.05, 0.1) is 10.9 Å². The molecule has 0 aliphatic heterocycles. The quantitative estimate of drug-likeness (QED) is 0.716. The van der Waals surface area contributed by atoms with E-state index in [1.807, 2.05) is 23.7 Å². The summed E-state index contributed by atoms with van der Waals surface area (Å²) in [5.74, 6) is -0.151. The number of aryl methyl sites for hydroxylation is 2. The number of carbonyl (C=O) groups is 1. The summed E-state index contributed by atoms with van der Waals surface area (Å²) >= 11 is 0. The van der Waals surface area contributed by atoms with Gasteiger partial charge in [0.1, 0.15) is 5.69 Å². The Hall–Kier alpha value is -2.64. The van der Waals surface area contributed by atoms with E-state index in [1.165, 1.54) is 29.5 Å². The lowest BCUT2D eigenvalue weighted by atomic mass is 9.87. The first-order chi connectivity index (χ1) is 13.8. The van der Waals surface area contributed by atoms with Gasteiger partial charge in [-0.15, -0.1) is 0 Å². The molecule has 1 aliphatic rings. The summed E-state index contributed by atoms with van der Waals surface area (Å²) < 4.78 is 27.8. The van der Waals surface area contributed by atoms with Crippen molar-refractivity contribution in [3.8, 4) is 0 Å². The molecular formula is C22H25N3O3S. The van der Waals surface area contributed by atoms with E-state index < -0.39 is 10.0 Å². The summed E-state index contributed by atoms with van der Waals surface area (Å²) in [4.78, 5) is 13.3. The molecule has 0 radical (unpaired) electrons. The first kappa shape index (κ1) is 19.7. The summed E-state index contributed by atoms with van der Waals surface area (Å²) in [6.07, 6.45) is 3.00. The van der Waals surface area contributed by atoms with Crippen molar-refractivity contribution in [1.82, 2.24) is 14.2 Å². The Balaban J connectivity index is 1.66. The van der Waals surface area contributed by atoms with Gasteiger partial charge in [-0.05, 0) is 54.7 Å². The fraction of sp³-hybridized carbons (Fsp3) is 0.318. The summed E-state index contributed by atoms with van der Waals surface area (Å²) in [5, 5.41) is 3.90. The van der Waals surface area contributed by atoms with Gasteiger partial charge in [-0.3, -0.25) is 4.79 Å². The van der Waals surface area contributed by atoms with Gasteiger partial charge in [0.25, 0.3) is 5.91 Å². The van der Waals surface area contributed by atoms with E-state index in [-0.39, 0.29) is 16.8 Å². The Bertz CT molecular complexity index is 1200. The van der Waals surface area contributed by atoms with Gasteiger partial charge >= 0.3 is 0 Å². The number of sulfonamides is 1. The molecule has 0 fully saturated rings. The second-order valence-electron chi connectivity index (χ2n) is 7.71. The normalized spacial score (nSPS) is 16.8. The predicted octanol–water partition coefficient (Wildman–Crippen LogP) is 3.24. The fourth-order valence-corrected chi connectivity index (χ4v) is 4.99. The van der Waals surface area contributed by atoms with Crippen LogP contribution >= 0.6 is 0 Å². The highest BCUT2D eigenvalue weighted by atomic mass is 32.2. The van der Waals surface area contributed by atoms with Gasteiger partial charge in [-0.2, -0.15) is 0 Å². The van der Waals surface area contributed by atoms with E-state index in [4.69, 9.17) is 0 Å². The van der Waals surface area contributed by atoms with Crippen LogP contribution in [0, 0.1) is 0 Å². The zero-order chi connectivity index (χ0) is 20.8. The molecule has 0 spiro atoms. The smallest absolute Gasteiger partial charge is 0.268 e. The number of carbonyl (C=O) groups excluding carboxylic acids is 1. The molecule has 152 valence electrons. The van der Waals surface area contributed by atoms with Crippen LogP contribution in [-0.2, 0) is 23.5 Å². The Morgan fingerprint density at radius 2 is 1.90 bits per heavy atom. The van der Waals surface area contributed by atoms with Crippen LogP contribution in [0.1, 0.15) is 40.5 Å². The van der Waals surface area contributed by atoms with E-state index in [2.05, 4.69) is 17.4 Å². The monoisotopic (exact) mass is 411 g/mol. The Morgan fingerprint density at radius 1 is 1.14 bits per heavy atom. The minimum absolute atomic E-state index is 0.00450. The third kappa shape index (κ3) is 3.45. The number of hydrogen-bond donors (Lipinski definition) is 1. The van der Waals surface area contributed by atoms with Gasteiger partial charge in [0, 0.05) is 32.0 Å². The van der Waals surface area contributed by atoms with E-state index in [1.54, 1.807) is 24.3 Å². The molecule has 7 heteroatoms. The molecule has 1 aromatic heterocycles. The lowest BCUT2D eigenvalue weighted by molar-refractivity contribution is 0.0925. The highest BCUT2D eigenvalue weighted by Crippen LogP contribution is 2.30. The van der Waals surface area contributed by atoms with E-state index >= 15 is 0 Å². The number of amides is 1. The molecule has 6 nitrogen and oxygen atoms in total. The van der Waals surface area contributed by atoms with Crippen LogP contribution in [-0.4, -0.2) is 37.3 Å². The molecule has 0 saturated heterocycles. The van der Waals surface area contributed by atoms with Crippen LogP contribution in [0.5, 0.6) is 0 Å². The second kappa shape index (κ2) is 7.31. The number of hydrogen-bond acceptors (Lipinski definition) is 3. The molecule has 29 heavy (non-hydrogen) atoms. The molecule has 4 rings (SSSR count). The standard InChI is InChI=1S/C22H25N3O3S/c1-24(2)29(27,28)17-11-12-20-16(13-17)14-21(25(20)3)22(26)23-19-10-6-8-15-7-4-5-9-18(15)19/h4-5,7,9,11-14,19H,6,8,10H2,1-3H3,(H,23,26)/t19-/m1/s1. The second-order valence-corrected chi connectivity index (χ2v) is 9.87. The summed E-state index contributed by atoms with van der Waals surface area (Å²) in [5.41, 5.74) is 3.81. The van der Waals surface area contributed by atoms with Crippen molar-refractivity contribution in [2.24, 2.45) is 7.05 Å². The van der Waals surface area contributed by atoms with E-state index in [0.717, 1.165) is 30.2 Å². The maximum atomic E-state index is 13.0. The molecule has 3 aromatic rings. The fourth-order valence-electron chi connectivity index (χ4n) is 4.05. The van der Waals surface area contributed by atoms with E-state index in [9.17, 15) is 13.2 Å².